The van der Waals surface area contributed by atoms with Gasteiger partial charge in [0.1, 0.15) is 12.4 Å². The third-order valence-electron chi connectivity index (χ3n) is 2.07. The normalized spacial score (nSPS) is 10.5. The van der Waals surface area contributed by atoms with E-state index in [0.717, 1.165) is 11.3 Å². The molecule has 0 bridgehead atoms. The van der Waals surface area contributed by atoms with Gasteiger partial charge in [-0.1, -0.05) is 11.8 Å². The van der Waals surface area contributed by atoms with E-state index in [9.17, 15) is 0 Å². The van der Waals surface area contributed by atoms with Gasteiger partial charge in [0.25, 0.3) is 5.22 Å². The lowest BCUT2D eigenvalue weighted by Crippen LogP contribution is -2.10. The van der Waals surface area contributed by atoms with Crippen LogP contribution < -0.4 is 10.5 Å². The van der Waals surface area contributed by atoms with Crippen molar-refractivity contribution < 1.29 is 9.15 Å². The molecule has 0 saturated heterocycles. The predicted octanol–water partition coefficient (Wildman–Crippen LogP) is 1.80. The highest BCUT2D eigenvalue weighted by molar-refractivity contribution is 7.98. The molecule has 5 nitrogen and oxygen atoms in total. The van der Waals surface area contributed by atoms with Crippen molar-refractivity contribution in [1.82, 2.24) is 10.2 Å². The summed E-state index contributed by atoms with van der Waals surface area (Å²) in [6.45, 7) is 1.01. The van der Waals surface area contributed by atoms with Crippen molar-refractivity contribution in [1.29, 1.82) is 0 Å². The molecule has 0 atom stereocenters. The van der Waals surface area contributed by atoms with Crippen LogP contribution in [-0.4, -0.2) is 29.6 Å². The van der Waals surface area contributed by atoms with Gasteiger partial charge in [-0.25, -0.2) is 0 Å². The second kappa shape index (κ2) is 5.70. The molecule has 0 fully saturated rings. The number of hydrogen-bond acceptors (Lipinski definition) is 6. The molecule has 2 N–H and O–H groups in total. The van der Waals surface area contributed by atoms with Crippen LogP contribution in [0.3, 0.4) is 0 Å². The average molecular weight is 251 g/mol. The van der Waals surface area contributed by atoms with Gasteiger partial charge in [-0.05, 0) is 30.5 Å². The number of rotatable bonds is 5. The molecule has 0 unspecified atom stereocenters. The van der Waals surface area contributed by atoms with Crippen LogP contribution in [-0.2, 0) is 0 Å². The maximum Gasteiger partial charge on any atom is 0.276 e. The molecule has 2 aromatic rings. The number of aromatic nitrogens is 2. The largest absolute Gasteiger partial charge is 0.492 e. The first-order valence-corrected chi connectivity index (χ1v) is 6.36. The van der Waals surface area contributed by atoms with E-state index in [0.29, 0.717) is 24.3 Å². The molecule has 1 heterocycles. The molecular formula is C11H13N3O2S. The molecule has 90 valence electrons. The van der Waals surface area contributed by atoms with Crippen LogP contribution >= 0.6 is 11.8 Å². The summed E-state index contributed by atoms with van der Waals surface area (Å²) < 4.78 is 10.8. The van der Waals surface area contributed by atoms with Gasteiger partial charge in [0.2, 0.25) is 5.89 Å². The molecule has 1 aromatic carbocycles. The van der Waals surface area contributed by atoms with E-state index in [2.05, 4.69) is 10.2 Å². The minimum Gasteiger partial charge on any atom is -0.492 e. The number of hydrogen-bond donors (Lipinski definition) is 1. The van der Waals surface area contributed by atoms with Crippen LogP contribution in [0.4, 0.5) is 0 Å². The number of thioether (sulfide) groups is 1. The molecule has 0 aliphatic rings. The molecule has 1 aromatic heterocycles. The van der Waals surface area contributed by atoms with Crippen molar-refractivity contribution in [3.63, 3.8) is 0 Å². The van der Waals surface area contributed by atoms with Crippen LogP contribution in [0.2, 0.25) is 0 Å². The highest BCUT2D eigenvalue weighted by atomic mass is 32.2. The van der Waals surface area contributed by atoms with Gasteiger partial charge >= 0.3 is 0 Å². The lowest BCUT2D eigenvalue weighted by Gasteiger charge is -2.03. The molecule has 0 saturated carbocycles. The Morgan fingerprint density at radius 1 is 1.29 bits per heavy atom. The molecule has 2 rings (SSSR count). The summed E-state index contributed by atoms with van der Waals surface area (Å²) in [5, 5.41) is 8.39. The van der Waals surface area contributed by atoms with E-state index >= 15 is 0 Å². The third-order valence-corrected chi connectivity index (χ3v) is 2.58. The monoisotopic (exact) mass is 251 g/mol. The standard InChI is InChI=1S/C11H13N3O2S/c1-17-11-14-13-10(16-11)8-2-4-9(5-3-8)15-7-6-12/h2-5H,6-7,12H2,1H3. The molecule has 0 spiro atoms. The molecule has 0 aliphatic carbocycles. The summed E-state index contributed by atoms with van der Waals surface area (Å²) in [6, 6.07) is 7.47. The minimum absolute atomic E-state index is 0.502. The van der Waals surface area contributed by atoms with Gasteiger partial charge in [0.15, 0.2) is 0 Å². The summed E-state index contributed by atoms with van der Waals surface area (Å²) in [5.74, 6) is 1.29. The van der Waals surface area contributed by atoms with Crippen LogP contribution in [0.15, 0.2) is 33.9 Å². The predicted molar refractivity (Wildman–Crippen MR) is 66.1 cm³/mol. The van der Waals surface area contributed by atoms with Gasteiger partial charge in [-0.2, -0.15) is 0 Å². The van der Waals surface area contributed by atoms with Gasteiger partial charge < -0.3 is 14.9 Å². The molecule has 6 heteroatoms. The molecule has 0 amide bonds. The third kappa shape index (κ3) is 2.98. The van der Waals surface area contributed by atoms with Gasteiger partial charge in [-0.3, -0.25) is 0 Å². The lowest BCUT2D eigenvalue weighted by atomic mass is 10.2. The van der Waals surface area contributed by atoms with Gasteiger partial charge in [0.05, 0.1) is 0 Å². The van der Waals surface area contributed by atoms with E-state index in [1.807, 2.05) is 30.5 Å². The summed E-state index contributed by atoms with van der Waals surface area (Å²) in [6.07, 6.45) is 1.89. The van der Waals surface area contributed by atoms with Crippen LogP contribution in [0.5, 0.6) is 5.75 Å². The molecule has 0 aliphatic heterocycles. The van der Waals surface area contributed by atoms with Crippen LogP contribution in [0.25, 0.3) is 11.5 Å². The zero-order valence-electron chi connectivity index (χ0n) is 9.42. The molecular weight excluding hydrogens is 238 g/mol. The van der Waals surface area contributed by atoms with E-state index < -0.39 is 0 Å². The Morgan fingerprint density at radius 2 is 2.06 bits per heavy atom. The van der Waals surface area contributed by atoms with E-state index in [1.54, 1.807) is 0 Å². The number of benzene rings is 1. The zero-order valence-corrected chi connectivity index (χ0v) is 10.2. The number of nitrogens with two attached hydrogens (primary N) is 1. The highest BCUT2D eigenvalue weighted by Gasteiger charge is 2.07. The first kappa shape index (κ1) is 11.9. The number of nitrogens with zero attached hydrogens (tertiary/aromatic N) is 2. The lowest BCUT2D eigenvalue weighted by molar-refractivity contribution is 0.328. The number of ether oxygens (including phenoxy) is 1. The smallest absolute Gasteiger partial charge is 0.276 e. The summed E-state index contributed by atoms with van der Waals surface area (Å²) in [7, 11) is 0. The van der Waals surface area contributed by atoms with Crippen LogP contribution in [0.1, 0.15) is 0 Å². The Morgan fingerprint density at radius 3 is 2.65 bits per heavy atom. The maximum absolute atomic E-state index is 5.42. The average Bonchev–Trinajstić information content (AvgIpc) is 2.86. The van der Waals surface area contributed by atoms with Crippen molar-refractivity contribution >= 4 is 11.8 Å². The van der Waals surface area contributed by atoms with Crippen molar-refractivity contribution in [3.05, 3.63) is 24.3 Å². The highest BCUT2D eigenvalue weighted by Crippen LogP contribution is 2.23. The fourth-order valence-corrected chi connectivity index (χ4v) is 1.56. The van der Waals surface area contributed by atoms with E-state index in [4.69, 9.17) is 14.9 Å². The van der Waals surface area contributed by atoms with Crippen molar-refractivity contribution in [3.8, 4) is 17.2 Å². The SMILES string of the molecule is CSc1nnc(-c2ccc(OCCN)cc2)o1. The fraction of sp³-hybridized carbons (Fsp3) is 0.273. The second-order valence-corrected chi connectivity index (χ2v) is 4.00. The first-order valence-electron chi connectivity index (χ1n) is 5.14. The van der Waals surface area contributed by atoms with Crippen molar-refractivity contribution in [2.24, 2.45) is 5.73 Å². The van der Waals surface area contributed by atoms with Gasteiger partial charge in [0, 0.05) is 12.1 Å². The summed E-state index contributed by atoms with van der Waals surface area (Å²) >= 11 is 1.42. The Labute approximate surface area is 103 Å². The topological polar surface area (TPSA) is 74.2 Å². The Kier molecular flexibility index (Phi) is 4.00. The van der Waals surface area contributed by atoms with Gasteiger partial charge in [-0.15, -0.1) is 10.2 Å². The summed E-state index contributed by atoms with van der Waals surface area (Å²) in [4.78, 5) is 0. The van der Waals surface area contributed by atoms with Crippen molar-refractivity contribution in [2.75, 3.05) is 19.4 Å². The van der Waals surface area contributed by atoms with Crippen molar-refractivity contribution in [2.45, 2.75) is 5.22 Å². The van der Waals surface area contributed by atoms with E-state index in [1.165, 1.54) is 11.8 Å². The fourth-order valence-electron chi connectivity index (χ4n) is 1.28. The molecule has 17 heavy (non-hydrogen) atoms. The van der Waals surface area contributed by atoms with E-state index in [-0.39, 0.29) is 0 Å². The Balaban J connectivity index is 2.11. The maximum atomic E-state index is 5.42. The zero-order chi connectivity index (χ0) is 12.1. The Bertz CT molecular complexity index is 470. The Hall–Kier alpha value is -1.53. The second-order valence-electron chi connectivity index (χ2n) is 3.24. The first-order chi connectivity index (χ1) is 8.33. The molecule has 0 radical (unpaired) electrons. The summed E-state index contributed by atoms with van der Waals surface area (Å²) in [5.41, 5.74) is 6.23. The van der Waals surface area contributed by atoms with Crippen LogP contribution in [0, 0.1) is 0 Å². The quantitative estimate of drug-likeness (QED) is 0.817. The minimum atomic E-state index is 0.502.